The van der Waals surface area contributed by atoms with Gasteiger partial charge in [-0.1, -0.05) is 19.1 Å². The summed E-state index contributed by atoms with van der Waals surface area (Å²) in [5.41, 5.74) is 0.800. The molecule has 0 amide bonds. The van der Waals surface area contributed by atoms with Crippen LogP contribution in [0, 0.1) is 5.92 Å². The summed E-state index contributed by atoms with van der Waals surface area (Å²) in [5, 5.41) is 0. The summed E-state index contributed by atoms with van der Waals surface area (Å²) in [4.78, 5) is 10.2. The van der Waals surface area contributed by atoms with Crippen molar-refractivity contribution in [2.24, 2.45) is 5.92 Å². The molecule has 0 spiro atoms. The lowest BCUT2D eigenvalue weighted by atomic mass is 10.1. The molecular formula is C9H14O. The lowest BCUT2D eigenvalue weighted by molar-refractivity contribution is -0.104. The zero-order valence-corrected chi connectivity index (χ0v) is 6.63. The van der Waals surface area contributed by atoms with E-state index in [2.05, 4.69) is 13.5 Å². The summed E-state index contributed by atoms with van der Waals surface area (Å²) in [5.74, 6) is 0.433. The van der Waals surface area contributed by atoms with Crippen LogP contribution in [0.1, 0.15) is 20.3 Å². The van der Waals surface area contributed by atoms with Crippen molar-refractivity contribution < 1.29 is 4.79 Å². The Hall–Kier alpha value is -0.850. The van der Waals surface area contributed by atoms with Crippen molar-refractivity contribution in [2.75, 3.05) is 0 Å². The Labute approximate surface area is 62.4 Å². The Morgan fingerprint density at radius 3 is 2.70 bits per heavy atom. The van der Waals surface area contributed by atoms with Crippen molar-refractivity contribution in [2.45, 2.75) is 20.3 Å². The van der Waals surface area contributed by atoms with Gasteiger partial charge in [0.05, 0.1) is 0 Å². The molecule has 10 heavy (non-hydrogen) atoms. The topological polar surface area (TPSA) is 17.1 Å². The summed E-state index contributed by atoms with van der Waals surface area (Å²) in [6.07, 6.45) is 5.62. The maximum Gasteiger partial charge on any atom is 0.145 e. The normalized spacial score (nSPS) is 14.4. The van der Waals surface area contributed by atoms with Crippen LogP contribution in [0.15, 0.2) is 24.3 Å². The highest BCUT2D eigenvalue weighted by molar-refractivity contribution is 5.72. The quantitative estimate of drug-likeness (QED) is 0.331. The molecule has 1 heteroatoms. The molecule has 0 N–H and O–H groups in total. The minimum Gasteiger partial charge on any atom is -0.298 e. The lowest BCUT2D eigenvalue weighted by Crippen LogP contribution is -1.88. The lowest BCUT2D eigenvalue weighted by Gasteiger charge is -2.00. The fourth-order valence-corrected chi connectivity index (χ4v) is 0.819. The molecule has 0 radical (unpaired) electrons. The highest BCUT2D eigenvalue weighted by atomic mass is 16.1. The largest absolute Gasteiger partial charge is 0.298 e. The molecule has 0 heterocycles. The molecule has 0 bridgehead atoms. The van der Waals surface area contributed by atoms with Gasteiger partial charge in [-0.3, -0.25) is 4.79 Å². The molecule has 0 saturated carbocycles. The van der Waals surface area contributed by atoms with Crippen molar-refractivity contribution in [1.29, 1.82) is 0 Å². The van der Waals surface area contributed by atoms with Crippen LogP contribution in [0.25, 0.3) is 0 Å². The second-order valence-corrected chi connectivity index (χ2v) is 2.53. The molecule has 0 aliphatic carbocycles. The summed E-state index contributed by atoms with van der Waals surface area (Å²) < 4.78 is 0. The standard InChI is InChI=1S/C9H14O/c1-4-5-8(2)6-9(3)7-10/h4,6-8H,1,5H2,2-3H3/b9-6+. The van der Waals surface area contributed by atoms with Crippen LogP contribution in [-0.2, 0) is 4.79 Å². The molecule has 0 aromatic rings. The average molecular weight is 138 g/mol. The minimum absolute atomic E-state index is 0.433. The van der Waals surface area contributed by atoms with Crippen LogP contribution in [0.3, 0.4) is 0 Å². The molecular weight excluding hydrogens is 124 g/mol. The van der Waals surface area contributed by atoms with Crippen molar-refractivity contribution in [3.8, 4) is 0 Å². The second-order valence-electron chi connectivity index (χ2n) is 2.53. The molecule has 0 fully saturated rings. The number of hydrogen-bond donors (Lipinski definition) is 0. The molecule has 1 atom stereocenters. The highest BCUT2D eigenvalue weighted by Gasteiger charge is 1.93. The van der Waals surface area contributed by atoms with Crippen LogP contribution in [-0.4, -0.2) is 6.29 Å². The number of carbonyl (C=O) groups excluding carboxylic acids is 1. The van der Waals surface area contributed by atoms with Crippen molar-refractivity contribution in [3.05, 3.63) is 24.3 Å². The second kappa shape index (κ2) is 4.98. The molecule has 0 aromatic heterocycles. The third-order valence-corrected chi connectivity index (χ3v) is 1.27. The minimum atomic E-state index is 0.433. The molecule has 0 aliphatic rings. The maximum atomic E-state index is 10.2. The predicted octanol–water partition coefficient (Wildman–Crippen LogP) is 2.34. The fourth-order valence-electron chi connectivity index (χ4n) is 0.819. The van der Waals surface area contributed by atoms with Gasteiger partial charge in [0, 0.05) is 0 Å². The molecule has 0 aliphatic heterocycles. The van der Waals surface area contributed by atoms with E-state index < -0.39 is 0 Å². The Balaban J connectivity index is 3.84. The SMILES string of the molecule is C=CCC(C)/C=C(\C)C=O. The summed E-state index contributed by atoms with van der Waals surface area (Å²) in [7, 11) is 0. The van der Waals surface area contributed by atoms with Crippen LogP contribution < -0.4 is 0 Å². The number of allylic oxidation sites excluding steroid dienone is 3. The highest BCUT2D eigenvalue weighted by Crippen LogP contribution is 2.05. The summed E-state index contributed by atoms with van der Waals surface area (Å²) >= 11 is 0. The number of aldehydes is 1. The van der Waals surface area contributed by atoms with Gasteiger partial charge in [-0.25, -0.2) is 0 Å². The third-order valence-electron chi connectivity index (χ3n) is 1.27. The van der Waals surface area contributed by atoms with Gasteiger partial charge < -0.3 is 0 Å². The molecule has 0 aromatic carbocycles. The van der Waals surface area contributed by atoms with Crippen molar-refractivity contribution >= 4 is 6.29 Å². The van der Waals surface area contributed by atoms with Gasteiger partial charge >= 0.3 is 0 Å². The van der Waals surface area contributed by atoms with E-state index in [4.69, 9.17) is 0 Å². The van der Waals surface area contributed by atoms with E-state index in [1.165, 1.54) is 0 Å². The molecule has 0 saturated heterocycles. The van der Waals surface area contributed by atoms with Crippen LogP contribution in [0.4, 0.5) is 0 Å². The summed E-state index contributed by atoms with van der Waals surface area (Å²) in [6.45, 7) is 7.49. The van der Waals surface area contributed by atoms with Gasteiger partial charge in [-0.05, 0) is 24.8 Å². The predicted molar refractivity (Wildman–Crippen MR) is 43.8 cm³/mol. The first-order valence-corrected chi connectivity index (χ1v) is 3.45. The maximum absolute atomic E-state index is 10.2. The van der Waals surface area contributed by atoms with Crippen LogP contribution >= 0.6 is 0 Å². The Bertz CT molecular complexity index is 145. The van der Waals surface area contributed by atoms with E-state index in [9.17, 15) is 4.79 Å². The average Bonchev–Trinajstić information content (AvgIpc) is 1.88. The smallest absolute Gasteiger partial charge is 0.145 e. The van der Waals surface area contributed by atoms with Crippen molar-refractivity contribution in [3.63, 3.8) is 0 Å². The van der Waals surface area contributed by atoms with Crippen LogP contribution in [0.2, 0.25) is 0 Å². The Kier molecular flexibility index (Phi) is 4.55. The first-order valence-electron chi connectivity index (χ1n) is 3.45. The first-order chi connectivity index (χ1) is 4.70. The van der Waals surface area contributed by atoms with Gasteiger partial charge in [0.2, 0.25) is 0 Å². The third kappa shape index (κ3) is 4.07. The fraction of sp³-hybridized carbons (Fsp3) is 0.444. The van der Waals surface area contributed by atoms with Gasteiger partial charge in [-0.15, -0.1) is 6.58 Å². The zero-order valence-electron chi connectivity index (χ0n) is 6.63. The van der Waals surface area contributed by atoms with E-state index in [1.54, 1.807) is 0 Å². The van der Waals surface area contributed by atoms with E-state index in [0.29, 0.717) is 5.92 Å². The first kappa shape index (κ1) is 9.15. The van der Waals surface area contributed by atoms with E-state index in [1.807, 2.05) is 19.1 Å². The molecule has 0 rings (SSSR count). The van der Waals surface area contributed by atoms with E-state index >= 15 is 0 Å². The van der Waals surface area contributed by atoms with Gasteiger partial charge in [0.15, 0.2) is 0 Å². The Morgan fingerprint density at radius 1 is 1.70 bits per heavy atom. The van der Waals surface area contributed by atoms with Gasteiger partial charge in [-0.2, -0.15) is 0 Å². The van der Waals surface area contributed by atoms with Gasteiger partial charge in [0.25, 0.3) is 0 Å². The number of hydrogen-bond acceptors (Lipinski definition) is 1. The van der Waals surface area contributed by atoms with Crippen LogP contribution in [0.5, 0.6) is 0 Å². The summed E-state index contributed by atoms with van der Waals surface area (Å²) in [6, 6.07) is 0. The van der Waals surface area contributed by atoms with E-state index in [-0.39, 0.29) is 0 Å². The Morgan fingerprint density at radius 2 is 2.30 bits per heavy atom. The molecule has 1 nitrogen and oxygen atoms in total. The zero-order chi connectivity index (χ0) is 7.98. The molecule has 56 valence electrons. The number of rotatable bonds is 4. The monoisotopic (exact) mass is 138 g/mol. The number of carbonyl (C=O) groups is 1. The van der Waals surface area contributed by atoms with E-state index in [0.717, 1.165) is 18.3 Å². The molecule has 1 unspecified atom stereocenters. The van der Waals surface area contributed by atoms with Gasteiger partial charge in [0.1, 0.15) is 6.29 Å². The van der Waals surface area contributed by atoms with Crippen molar-refractivity contribution in [1.82, 2.24) is 0 Å².